The number of carbonyl (C=O) groups is 1. The number of hydrogen-bond acceptors (Lipinski definition) is 2. The first-order valence-electron chi connectivity index (χ1n) is 6.77. The number of benzene rings is 1. The second-order valence-corrected chi connectivity index (χ2v) is 6.05. The van der Waals surface area contributed by atoms with Gasteiger partial charge in [-0.25, -0.2) is 0 Å². The molecule has 0 bridgehead atoms. The van der Waals surface area contributed by atoms with Gasteiger partial charge in [-0.05, 0) is 43.9 Å². The summed E-state index contributed by atoms with van der Waals surface area (Å²) in [7, 11) is 0. The fourth-order valence-corrected chi connectivity index (χ4v) is 2.47. The Morgan fingerprint density at radius 3 is 2.84 bits per heavy atom. The van der Waals surface area contributed by atoms with Crippen LogP contribution in [0.5, 0.6) is 0 Å². The Hall–Kier alpha value is -0.870. The lowest BCUT2D eigenvalue weighted by Crippen LogP contribution is -2.37. The van der Waals surface area contributed by atoms with Crippen LogP contribution in [-0.2, 0) is 16.0 Å². The molecule has 1 saturated heterocycles. The van der Waals surface area contributed by atoms with Crippen molar-refractivity contribution in [3.8, 4) is 0 Å². The number of hydrogen-bond donors (Lipinski definition) is 1. The molecule has 4 heteroatoms. The monoisotopic (exact) mass is 325 g/mol. The molecule has 0 saturated carbocycles. The molecule has 3 nitrogen and oxygen atoms in total. The van der Waals surface area contributed by atoms with Crippen LogP contribution in [0.2, 0.25) is 0 Å². The molecule has 0 aliphatic carbocycles. The summed E-state index contributed by atoms with van der Waals surface area (Å²) in [5.41, 5.74) is 1.30. The number of ether oxygens (including phenoxy) is 1. The molecule has 1 amide bonds. The van der Waals surface area contributed by atoms with Gasteiger partial charge in [-0.3, -0.25) is 4.79 Å². The second-order valence-electron chi connectivity index (χ2n) is 5.14. The van der Waals surface area contributed by atoms with Crippen molar-refractivity contribution in [2.45, 2.75) is 32.2 Å². The van der Waals surface area contributed by atoms with Crippen LogP contribution in [0.25, 0.3) is 0 Å². The highest BCUT2D eigenvalue weighted by atomic mass is 79.9. The van der Waals surface area contributed by atoms with Crippen molar-refractivity contribution in [1.29, 1.82) is 0 Å². The molecule has 1 heterocycles. The Kier molecular flexibility index (Phi) is 5.40. The zero-order valence-electron chi connectivity index (χ0n) is 11.2. The van der Waals surface area contributed by atoms with Crippen molar-refractivity contribution >= 4 is 21.8 Å². The summed E-state index contributed by atoms with van der Waals surface area (Å²) in [6.45, 7) is 3.35. The normalized spacial score (nSPS) is 20.2. The average Bonchev–Trinajstić information content (AvgIpc) is 2.92. The van der Waals surface area contributed by atoms with E-state index in [0.29, 0.717) is 13.2 Å². The highest BCUT2D eigenvalue weighted by Crippen LogP contribution is 2.14. The van der Waals surface area contributed by atoms with Crippen LogP contribution in [-0.4, -0.2) is 25.2 Å². The van der Waals surface area contributed by atoms with Crippen molar-refractivity contribution in [3.05, 3.63) is 34.3 Å². The van der Waals surface area contributed by atoms with Gasteiger partial charge >= 0.3 is 0 Å². The van der Waals surface area contributed by atoms with Gasteiger partial charge in [-0.2, -0.15) is 0 Å². The Morgan fingerprint density at radius 1 is 1.47 bits per heavy atom. The number of halogens is 1. The third-order valence-corrected chi connectivity index (χ3v) is 4.00. The summed E-state index contributed by atoms with van der Waals surface area (Å²) in [6.07, 6.45) is 2.79. The van der Waals surface area contributed by atoms with Crippen molar-refractivity contribution < 1.29 is 9.53 Å². The first-order chi connectivity index (χ1) is 9.15. The number of nitrogens with one attached hydrogen (secondary N) is 1. The first-order valence-corrected chi connectivity index (χ1v) is 7.57. The number of amides is 1. The van der Waals surface area contributed by atoms with Gasteiger partial charge in [-0.1, -0.05) is 28.1 Å². The molecule has 1 aromatic rings. The van der Waals surface area contributed by atoms with Gasteiger partial charge in [0, 0.05) is 17.1 Å². The molecule has 1 aliphatic rings. The highest BCUT2D eigenvalue weighted by molar-refractivity contribution is 9.10. The van der Waals surface area contributed by atoms with Crippen molar-refractivity contribution in [2.24, 2.45) is 5.92 Å². The molecule has 0 spiro atoms. The summed E-state index contributed by atoms with van der Waals surface area (Å²) in [5, 5.41) is 3.08. The Balaban J connectivity index is 1.73. The van der Waals surface area contributed by atoms with Gasteiger partial charge in [0.25, 0.3) is 0 Å². The van der Waals surface area contributed by atoms with Crippen LogP contribution < -0.4 is 5.32 Å². The molecule has 1 fully saturated rings. The molecular formula is C15H20BrNO2. The van der Waals surface area contributed by atoms with E-state index in [1.54, 1.807) is 0 Å². The fraction of sp³-hybridized carbons (Fsp3) is 0.533. The number of aryl methyl sites for hydroxylation is 1. The minimum atomic E-state index is 0.0510. The topological polar surface area (TPSA) is 38.3 Å². The molecule has 104 valence electrons. The Bertz CT molecular complexity index is 413. The zero-order valence-corrected chi connectivity index (χ0v) is 12.8. The summed E-state index contributed by atoms with van der Waals surface area (Å²) in [4.78, 5) is 11.9. The molecule has 1 N–H and O–H groups in total. The van der Waals surface area contributed by atoms with E-state index in [1.807, 2.05) is 0 Å². The van der Waals surface area contributed by atoms with Gasteiger partial charge in [0.1, 0.15) is 0 Å². The molecule has 0 radical (unpaired) electrons. The maximum atomic E-state index is 11.9. The minimum Gasteiger partial charge on any atom is -0.381 e. The molecule has 19 heavy (non-hydrogen) atoms. The van der Waals surface area contributed by atoms with E-state index in [2.05, 4.69) is 52.4 Å². The molecular weight excluding hydrogens is 306 g/mol. The van der Waals surface area contributed by atoms with Crippen LogP contribution in [0.1, 0.15) is 25.3 Å². The van der Waals surface area contributed by atoms with Crippen LogP contribution >= 0.6 is 15.9 Å². The maximum absolute atomic E-state index is 11.9. The van der Waals surface area contributed by atoms with E-state index in [-0.39, 0.29) is 17.9 Å². The summed E-state index contributed by atoms with van der Waals surface area (Å²) >= 11 is 3.43. The van der Waals surface area contributed by atoms with Crippen LogP contribution in [0.15, 0.2) is 28.7 Å². The van der Waals surface area contributed by atoms with Gasteiger partial charge in [0.2, 0.25) is 5.91 Å². The van der Waals surface area contributed by atoms with Crippen molar-refractivity contribution in [1.82, 2.24) is 5.32 Å². The van der Waals surface area contributed by atoms with E-state index >= 15 is 0 Å². The summed E-state index contributed by atoms with van der Waals surface area (Å²) in [6, 6.07) is 8.53. The van der Waals surface area contributed by atoms with E-state index in [9.17, 15) is 4.79 Å². The van der Waals surface area contributed by atoms with Gasteiger partial charge in [0.05, 0.1) is 12.5 Å². The third-order valence-electron chi connectivity index (χ3n) is 3.47. The number of rotatable bonds is 5. The average molecular weight is 326 g/mol. The van der Waals surface area contributed by atoms with E-state index < -0.39 is 0 Å². The van der Waals surface area contributed by atoms with Crippen LogP contribution in [0, 0.1) is 5.92 Å². The largest absolute Gasteiger partial charge is 0.381 e. The zero-order chi connectivity index (χ0) is 13.7. The lowest BCUT2D eigenvalue weighted by atomic mass is 10.0. The van der Waals surface area contributed by atoms with Gasteiger partial charge in [0.15, 0.2) is 0 Å². The Morgan fingerprint density at radius 2 is 2.21 bits per heavy atom. The first kappa shape index (κ1) is 14.5. The lowest BCUT2D eigenvalue weighted by Gasteiger charge is -2.16. The summed E-state index contributed by atoms with van der Waals surface area (Å²) in [5.74, 6) is 0.191. The van der Waals surface area contributed by atoms with Crippen molar-refractivity contribution in [3.63, 3.8) is 0 Å². The molecule has 1 aliphatic heterocycles. The molecule has 2 rings (SSSR count). The fourth-order valence-electron chi connectivity index (χ4n) is 2.21. The third kappa shape index (κ3) is 4.62. The van der Waals surface area contributed by atoms with Gasteiger partial charge < -0.3 is 10.1 Å². The minimum absolute atomic E-state index is 0.0510. The lowest BCUT2D eigenvalue weighted by molar-refractivity contribution is -0.125. The molecule has 1 aromatic carbocycles. The number of carbonyl (C=O) groups excluding carboxylic acids is 1. The van der Waals surface area contributed by atoms with Crippen molar-refractivity contribution in [2.75, 3.05) is 13.2 Å². The van der Waals surface area contributed by atoms with E-state index in [1.165, 1.54) is 5.56 Å². The Labute approximate surface area is 122 Å². The molecule has 2 atom stereocenters. The second kappa shape index (κ2) is 7.06. The molecule has 0 unspecified atom stereocenters. The summed E-state index contributed by atoms with van der Waals surface area (Å²) < 4.78 is 6.33. The SMILES string of the molecule is C[C@@H](CCc1ccc(Br)cc1)NC(=O)[C@H]1CCOC1. The smallest absolute Gasteiger partial charge is 0.225 e. The van der Waals surface area contributed by atoms with Crippen LogP contribution in [0.3, 0.4) is 0 Å². The predicted octanol–water partition coefficient (Wildman–Crippen LogP) is 2.92. The quantitative estimate of drug-likeness (QED) is 0.903. The van der Waals surface area contributed by atoms with E-state index in [4.69, 9.17) is 4.74 Å². The standard InChI is InChI=1S/C15H20BrNO2/c1-11(17-15(18)13-8-9-19-10-13)2-3-12-4-6-14(16)7-5-12/h4-7,11,13H,2-3,8-10H2,1H3,(H,17,18)/t11-,13-/m0/s1. The van der Waals surface area contributed by atoms with Crippen LogP contribution in [0.4, 0.5) is 0 Å². The van der Waals surface area contributed by atoms with Gasteiger partial charge in [-0.15, -0.1) is 0 Å². The molecule has 0 aromatic heterocycles. The maximum Gasteiger partial charge on any atom is 0.225 e. The van der Waals surface area contributed by atoms with E-state index in [0.717, 1.165) is 23.7 Å². The predicted molar refractivity (Wildman–Crippen MR) is 79.0 cm³/mol. The highest BCUT2D eigenvalue weighted by Gasteiger charge is 2.24.